The van der Waals surface area contributed by atoms with Gasteiger partial charge in [-0.1, -0.05) is 35.1 Å². The van der Waals surface area contributed by atoms with Gasteiger partial charge in [0, 0.05) is 18.0 Å². The molecule has 2 aromatic heterocycles. The van der Waals surface area contributed by atoms with E-state index in [1.807, 2.05) is 26.0 Å². The highest BCUT2D eigenvalue weighted by Crippen LogP contribution is 2.44. The highest BCUT2D eigenvalue weighted by molar-refractivity contribution is 7.22. The number of aliphatic hydroxyl groups excluding tert-OH is 1. The normalized spacial score (nSPS) is 17.8. The van der Waals surface area contributed by atoms with Crippen LogP contribution in [0.25, 0.3) is 16.0 Å². The van der Waals surface area contributed by atoms with Crippen LogP contribution in [-0.2, 0) is 9.59 Å². The van der Waals surface area contributed by atoms with Crippen molar-refractivity contribution in [1.82, 2.24) is 9.97 Å². The van der Waals surface area contributed by atoms with E-state index in [1.165, 1.54) is 23.1 Å². The minimum Gasteiger partial charge on any atom is -0.507 e. The van der Waals surface area contributed by atoms with Crippen LogP contribution in [0, 0.1) is 19.7 Å². The summed E-state index contributed by atoms with van der Waals surface area (Å²) in [6.45, 7) is 3.71. The summed E-state index contributed by atoms with van der Waals surface area (Å²) in [6, 6.07) is 12.2. The number of aromatic nitrogens is 2. The van der Waals surface area contributed by atoms with Gasteiger partial charge in [-0.2, -0.15) is 0 Å². The molecule has 1 amide bonds. The van der Waals surface area contributed by atoms with E-state index in [4.69, 9.17) is 0 Å². The summed E-state index contributed by atoms with van der Waals surface area (Å²) in [5.74, 6) is -2.29. The van der Waals surface area contributed by atoms with Gasteiger partial charge in [-0.3, -0.25) is 19.5 Å². The van der Waals surface area contributed by atoms with E-state index in [0.717, 1.165) is 22.5 Å². The lowest BCUT2D eigenvalue weighted by Crippen LogP contribution is -2.29. The van der Waals surface area contributed by atoms with Crippen molar-refractivity contribution in [2.75, 3.05) is 4.90 Å². The number of nitrogens with zero attached hydrogens (tertiary/aromatic N) is 3. The zero-order chi connectivity index (χ0) is 23.3. The molecule has 1 N–H and O–H groups in total. The fourth-order valence-electron chi connectivity index (χ4n) is 4.01. The maximum absolute atomic E-state index is 13.7. The van der Waals surface area contributed by atoms with Gasteiger partial charge in [-0.15, -0.1) is 0 Å². The second-order valence-corrected chi connectivity index (χ2v) is 8.89. The lowest BCUT2D eigenvalue weighted by molar-refractivity contribution is -0.132. The second kappa shape index (κ2) is 7.90. The molecule has 1 saturated heterocycles. The Morgan fingerprint density at radius 2 is 1.94 bits per heavy atom. The summed E-state index contributed by atoms with van der Waals surface area (Å²) in [5, 5.41) is 11.5. The third-order valence-electron chi connectivity index (χ3n) is 5.64. The Morgan fingerprint density at radius 3 is 2.70 bits per heavy atom. The Hall–Kier alpha value is -3.91. The Labute approximate surface area is 192 Å². The number of aliphatic hydroxyl groups is 1. The van der Waals surface area contributed by atoms with Crippen molar-refractivity contribution in [2.45, 2.75) is 19.9 Å². The lowest BCUT2D eigenvalue weighted by Gasteiger charge is -2.22. The molecule has 8 heteroatoms. The fraction of sp³-hybridized carbons (Fsp3) is 0.120. The van der Waals surface area contributed by atoms with Crippen molar-refractivity contribution in [3.63, 3.8) is 0 Å². The molecule has 1 unspecified atom stereocenters. The first-order chi connectivity index (χ1) is 15.8. The van der Waals surface area contributed by atoms with Crippen LogP contribution < -0.4 is 4.90 Å². The molecule has 1 aliphatic rings. The van der Waals surface area contributed by atoms with Crippen LogP contribution in [0.2, 0.25) is 0 Å². The number of halogens is 1. The van der Waals surface area contributed by atoms with Gasteiger partial charge in [0.1, 0.15) is 11.6 Å². The van der Waals surface area contributed by atoms with E-state index in [1.54, 1.807) is 30.6 Å². The van der Waals surface area contributed by atoms with Gasteiger partial charge in [0.2, 0.25) is 0 Å². The summed E-state index contributed by atoms with van der Waals surface area (Å²) < 4.78 is 14.3. The molecule has 5 rings (SSSR count). The van der Waals surface area contributed by atoms with E-state index >= 15 is 0 Å². The maximum atomic E-state index is 13.7. The van der Waals surface area contributed by atoms with E-state index < -0.39 is 23.5 Å². The SMILES string of the molecule is Cc1ccc(C)c(/C(O)=C2\C(=O)C(=O)N(c3nc4ccc(F)cc4s3)C2c2cccnc2)c1. The van der Waals surface area contributed by atoms with Gasteiger partial charge >= 0.3 is 5.91 Å². The Kier molecular flexibility index (Phi) is 5.02. The molecule has 2 aromatic carbocycles. The number of amides is 1. The number of ketones is 1. The van der Waals surface area contributed by atoms with E-state index in [0.29, 0.717) is 21.3 Å². The number of fused-ring (bicyclic) bond motifs is 1. The molecule has 4 aromatic rings. The number of hydrogen-bond donors (Lipinski definition) is 1. The summed E-state index contributed by atoms with van der Waals surface area (Å²) >= 11 is 1.11. The smallest absolute Gasteiger partial charge is 0.301 e. The first-order valence-corrected chi connectivity index (χ1v) is 11.0. The molecule has 6 nitrogen and oxygen atoms in total. The summed E-state index contributed by atoms with van der Waals surface area (Å²) in [7, 11) is 0. The van der Waals surface area contributed by atoms with Gasteiger partial charge in [-0.25, -0.2) is 9.37 Å². The number of hydrogen-bond acceptors (Lipinski definition) is 6. The van der Waals surface area contributed by atoms with Gasteiger partial charge in [-0.05, 0) is 55.3 Å². The van der Waals surface area contributed by atoms with Gasteiger partial charge in [0.05, 0.1) is 21.8 Å². The predicted octanol–water partition coefficient (Wildman–Crippen LogP) is 5.07. The number of Topliss-reactive ketones (excluding diaryl/α,β-unsaturated/α-hetero) is 1. The van der Waals surface area contributed by atoms with Crippen LogP contribution in [0.5, 0.6) is 0 Å². The number of anilines is 1. The topological polar surface area (TPSA) is 83.4 Å². The molecule has 3 heterocycles. The van der Waals surface area contributed by atoms with Crippen molar-refractivity contribution in [3.8, 4) is 0 Å². The number of rotatable bonds is 3. The number of thiazole rings is 1. The number of carbonyl (C=O) groups is 2. The zero-order valence-electron chi connectivity index (χ0n) is 17.7. The van der Waals surface area contributed by atoms with E-state index in [-0.39, 0.29) is 16.5 Å². The minimum absolute atomic E-state index is 0.0351. The molecule has 0 spiro atoms. The number of carbonyl (C=O) groups excluding carboxylic acids is 2. The molecule has 0 aliphatic carbocycles. The summed E-state index contributed by atoms with van der Waals surface area (Å²) in [6.07, 6.45) is 3.13. The van der Waals surface area contributed by atoms with Gasteiger partial charge in [0.25, 0.3) is 5.78 Å². The predicted molar refractivity (Wildman–Crippen MR) is 125 cm³/mol. The highest BCUT2D eigenvalue weighted by Gasteiger charge is 2.48. The third kappa shape index (κ3) is 3.48. The molecule has 164 valence electrons. The molecule has 1 atom stereocenters. The summed E-state index contributed by atoms with van der Waals surface area (Å²) in [5.41, 5.74) is 3.18. The third-order valence-corrected chi connectivity index (χ3v) is 6.66. The highest BCUT2D eigenvalue weighted by atomic mass is 32.1. The average Bonchev–Trinajstić information content (AvgIpc) is 3.33. The van der Waals surface area contributed by atoms with Crippen molar-refractivity contribution < 1.29 is 19.1 Å². The van der Waals surface area contributed by atoms with Gasteiger partial charge in [0.15, 0.2) is 5.13 Å². The maximum Gasteiger partial charge on any atom is 0.301 e. The first kappa shape index (κ1) is 21.0. The molecular weight excluding hydrogens is 441 g/mol. The Bertz CT molecular complexity index is 1460. The quantitative estimate of drug-likeness (QED) is 0.263. The van der Waals surface area contributed by atoms with Crippen LogP contribution in [-0.4, -0.2) is 26.8 Å². The second-order valence-electron chi connectivity index (χ2n) is 7.88. The largest absolute Gasteiger partial charge is 0.507 e. The Morgan fingerprint density at radius 1 is 1.12 bits per heavy atom. The molecule has 0 saturated carbocycles. The number of pyridine rings is 1. The monoisotopic (exact) mass is 459 g/mol. The van der Waals surface area contributed by atoms with Crippen molar-refractivity contribution in [1.29, 1.82) is 0 Å². The van der Waals surface area contributed by atoms with Crippen LogP contribution >= 0.6 is 11.3 Å². The lowest BCUT2D eigenvalue weighted by atomic mass is 9.94. The van der Waals surface area contributed by atoms with Crippen LogP contribution in [0.1, 0.15) is 28.3 Å². The fourth-order valence-corrected chi connectivity index (χ4v) is 5.03. The first-order valence-electron chi connectivity index (χ1n) is 10.2. The van der Waals surface area contributed by atoms with Crippen molar-refractivity contribution in [3.05, 3.63) is 94.6 Å². The average molecular weight is 460 g/mol. The molecule has 33 heavy (non-hydrogen) atoms. The van der Waals surface area contributed by atoms with Crippen LogP contribution in [0.3, 0.4) is 0 Å². The number of aryl methyl sites for hydroxylation is 2. The molecule has 0 radical (unpaired) electrons. The molecule has 1 aliphatic heterocycles. The molecular formula is C25H18FN3O3S. The van der Waals surface area contributed by atoms with Crippen LogP contribution in [0.4, 0.5) is 9.52 Å². The minimum atomic E-state index is -0.927. The standard InChI is InChI=1S/C25H18FN3O3S/c1-13-5-6-14(2)17(10-13)22(30)20-21(15-4-3-9-27-12-15)29(24(32)23(20)31)25-28-18-8-7-16(26)11-19(18)33-25/h3-12,21,30H,1-2H3/b22-20+. The zero-order valence-corrected chi connectivity index (χ0v) is 18.6. The Balaban J connectivity index is 1.75. The van der Waals surface area contributed by atoms with Crippen molar-refractivity contribution >= 4 is 44.1 Å². The van der Waals surface area contributed by atoms with Gasteiger partial charge < -0.3 is 5.11 Å². The molecule has 1 fully saturated rings. The molecule has 0 bridgehead atoms. The van der Waals surface area contributed by atoms with Crippen molar-refractivity contribution in [2.24, 2.45) is 0 Å². The summed E-state index contributed by atoms with van der Waals surface area (Å²) in [4.78, 5) is 36.4. The number of benzene rings is 2. The van der Waals surface area contributed by atoms with E-state index in [9.17, 15) is 19.1 Å². The van der Waals surface area contributed by atoms with E-state index in [2.05, 4.69) is 9.97 Å². The van der Waals surface area contributed by atoms with Crippen LogP contribution in [0.15, 0.2) is 66.5 Å².